The molecule has 0 spiro atoms. The van der Waals surface area contributed by atoms with Gasteiger partial charge in [0.15, 0.2) is 0 Å². The van der Waals surface area contributed by atoms with Crippen molar-refractivity contribution in [2.75, 3.05) is 0 Å². The highest BCUT2D eigenvalue weighted by molar-refractivity contribution is 9.11. The molecule has 2 aliphatic rings. The Balaban J connectivity index is 2.31. The Kier molecular flexibility index (Phi) is 1.95. The van der Waals surface area contributed by atoms with Crippen LogP contribution in [0.15, 0.2) is 22.4 Å². The van der Waals surface area contributed by atoms with Crippen LogP contribution in [0, 0.1) is 5.92 Å². The highest BCUT2D eigenvalue weighted by Gasteiger charge is 2.34. The Labute approximate surface area is 82.8 Å². The molecule has 0 aromatic heterocycles. The first-order chi connectivity index (χ1) is 6.16. The van der Waals surface area contributed by atoms with Gasteiger partial charge in [-0.05, 0) is 23.1 Å². The smallest absolute Gasteiger partial charge is 0.414 e. The van der Waals surface area contributed by atoms with E-state index in [4.69, 9.17) is 4.74 Å². The number of imide groups is 1. The molecule has 1 N–H and O–H groups in total. The first-order valence-corrected chi connectivity index (χ1v) is 4.55. The van der Waals surface area contributed by atoms with Gasteiger partial charge in [0.1, 0.15) is 11.7 Å². The van der Waals surface area contributed by atoms with Crippen LogP contribution in [0.5, 0.6) is 0 Å². The van der Waals surface area contributed by atoms with E-state index in [0.29, 0.717) is 12.2 Å². The first-order valence-electron chi connectivity index (χ1n) is 3.76. The van der Waals surface area contributed by atoms with Crippen LogP contribution in [0.2, 0.25) is 0 Å². The second kappa shape index (κ2) is 2.99. The Morgan fingerprint density at radius 3 is 3.00 bits per heavy atom. The van der Waals surface area contributed by atoms with Crippen molar-refractivity contribution in [3.63, 3.8) is 0 Å². The number of alkyl carbamates (subject to hydrolysis) is 1. The van der Waals surface area contributed by atoms with Gasteiger partial charge in [0.25, 0.3) is 0 Å². The van der Waals surface area contributed by atoms with Crippen LogP contribution in [0.25, 0.3) is 0 Å². The van der Waals surface area contributed by atoms with Gasteiger partial charge in [-0.1, -0.05) is 15.9 Å². The third-order valence-electron chi connectivity index (χ3n) is 1.92. The van der Waals surface area contributed by atoms with Crippen LogP contribution in [-0.4, -0.2) is 12.0 Å². The number of hydrogen-bond donors (Lipinski definition) is 1. The number of amides is 2. The standard InChI is InChI=1S/C8H6BrNO3/c9-4-1-2-6-5(3-4)7(11)10-8(12)13-6/h1-2,5H,3H2,(H,10,11,12). The highest BCUT2D eigenvalue weighted by atomic mass is 79.9. The van der Waals surface area contributed by atoms with Crippen molar-refractivity contribution < 1.29 is 14.3 Å². The summed E-state index contributed by atoms with van der Waals surface area (Å²) in [5.41, 5.74) is 0. The average Bonchev–Trinajstić information content (AvgIpc) is 2.06. The number of rotatable bonds is 0. The summed E-state index contributed by atoms with van der Waals surface area (Å²) in [7, 11) is 0. The number of allylic oxidation sites excluding steroid dienone is 3. The zero-order valence-electron chi connectivity index (χ0n) is 6.54. The van der Waals surface area contributed by atoms with E-state index < -0.39 is 6.09 Å². The van der Waals surface area contributed by atoms with Crippen molar-refractivity contribution in [2.45, 2.75) is 6.42 Å². The molecule has 5 heteroatoms. The predicted octanol–water partition coefficient (Wildman–Crippen LogP) is 1.44. The maximum atomic E-state index is 11.3. The Morgan fingerprint density at radius 2 is 2.23 bits per heavy atom. The van der Waals surface area contributed by atoms with Crippen molar-refractivity contribution in [3.05, 3.63) is 22.4 Å². The van der Waals surface area contributed by atoms with Crippen molar-refractivity contribution in [1.29, 1.82) is 0 Å². The molecule has 2 rings (SSSR count). The van der Waals surface area contributed by atoms with Gasteiger partial charge in [-0.25, -0.2) is 4.79 Å². The van der Waals surface area contributed by atoms with Crippen molar-refractivity contribution in [1.82, 2.24) is 5.32 Å². The zero-order valence-corrected chi connectivity index (χ0v) is 8.13. The number of fused-ring (bicyclic) bond motifs is 1. The van der Waals surface area contributed by atoms with Gasteiger partial charge in [0.2, 0.25) is 5.91 Å². The molecule has 1 aliphatic carbocycles. The van der Waals surface area contributed by atoms with E-state index in [0.717, 1.165) is 4.48 Å². The molecular weight excluding hydrogens is 238 g/mol. The monoisotopic (exact) mass is 243 g/mol. The number of halogens is 1. The summed E-state index contributed by atoms with van der Waals surface area (Å²) in [6.45, 7) is 0. The Morgan fingerprint density at radius 1 is 1.46 bits per heavy atom. The fraction of sp³-hybridized carbons (Fsp3) is 0.250. The summed E-state index contributed by atoms with van der Waals surface area (Å²) >= 11 is 3.29. The summed E-state index contributed by atoms with van der Waals surface area (Å²) in [5.74, 6) is -0.235. The summed E-state index contributed by atoms with van der Waals surface area (Å²) < 4.78 is 5.76. The SMILES string of the molecule is O=C1NC(=O)C2CC(Br)=CC=C2O1. The van der Waals surface area contributed by atoms with Crippen LogP contribution in [0.3, 0.4) is 0 Å². The van der Waals surface area contributed by atoms with Gasteiger partial charge < -0.3 is 4.74 Å². The lowest BCUT2D eigenvalue weighted by atomic mass is 9.97. The molecule has 0 bridgehead atoms. The van der Waals surface area contributed by atoms with Crippen LogP contribution < -0.4 is 5.32 Å². The lowest BCUT2D eigenvalue weighted by Crippen LogP contribution is -2.43. The average molecular weight is 244 g/mol. The molecule has 1 unspecified atom stereocenters. The first kappa shape index (κ1) is 8.50. The van der Waals surface area contributed by atoms with Crippen molar-refractivity contribution >= 4 is 27.9 Å². The largest absolute Gasteiger partial charge is 0.419 e. The molecule has 1 heterocycles. The quantitative estimate of drug-likeness (QED) is 0.701. The lowest BCUT2D eigenvalue weighted by molar-refractivity contribution is -0.125. The fourth-order valence-electron chi connectivity index (χ4n) is 1.30. The third-order valence-corrected chi connectivity index (χ3v) is 2.51. The molecule has 0 aromatic rings. The van der Waals surface area contributed by atoms with E-state index in [9.17, 15) is 9.59 Å². The number of nitrogens with one attached hydrogen (secondary N) is 1. The summed E-state index contributed by atoms with van der Waals surface area (Å²) in [6, 6.07) is 0. The molecule has 4 nitrogen and oxygen atoms in total. The van der Waals surface area contributed by atoms with Crippen LogP contribution >= 0.6 is 15.9 Å². The fourth-order valence-corrected chi connectivity index (χ4v) is 1.76. The van der Waals surface area contributed by atoms with E-state index in [1.165, 1.54) is 0 Å². The minimum absolute atomic E-state index is 0.299. The van der Waals surface area contributed by atoms with Gasteiger partial charge in [0, 0.05) is 0 Å². The van der Waals surface area contributed by atoms with Gasteiger partial charge in [-0.3, -0.25) is 10.1 Å². The van der Waals surface area contributed by atoms with E-state index in [1.807, 2.05) is 0 Å². The summed E-state index contributed by atoms with van der Waals surface area (Å²) in [4.78, 5) is 22.1. The molecule has 1 fully saturated rings. The topological polar surface area (TPSA) is 55.4 Å². The number of ether oxygens (including phenoxy) is 1. The number of carbonyl (C=O) groups is 2. The van der Waals surface area contributed by atoms with Gasteiger partial charge in [-0.15, -0.1) is 0 Å². The van der Waals surface area contributed by atoms with Crippen LogP contribution in [0.1, 0.15) is 6.42 Å². The maximum absolute atomic E-state index is 11.3. The summed E-state index contributed by atoms with van der Waals surface area (Å²) in [5, 5.41) is 2.11. The molecule has 1 atom stereocenters. The zero-order chi connectivity index (χ0) is 9.42. The number of hydrogen-bond acceptors (Lipinski definition) is 3. The molecule has 68 valence electrons. The van der Waals surface area contributed by atoms with Crippen LogP contribution in [0.4, 0.5) is 4.79 Å². The van der Waals surface area contributed by atoms with E-state index in [1.54, 1.807) is 12.2 Å². The minimum atomic E-state index is -0.695. The third kappa shape index (κ3) is 1.51. The predicted molar refractivity (Wildman–Crippen MR) is 47.8 cm³/mol. The van der Waals surface area contributed by atoms with E-state index in [-0.39, 0.29) is 11.8 Å². The molecular formula is C8H6BrNO3. The molecule has 0 saturated carbocycles. The lowest BCUT2D eigenvalue weighted by Gasteiger charge is -2.25. The van der Waals surface area contributed by atoms with E-state index >= 15 is 0 Å². The van der Waals surface area contributed by atoms with E-state index in [2.05, 4.69) is 21.2 Å². The van der Waals surface area contributed by atoms with Crippen molar-refractivity contribution in [3.8, 4) is 0 Å². The molecule has 0 radical (unpaired) electrons. The summed E-state index contributed by atoms with van der Waals surface area (Å²) in [6.07, 6.45) is 3.26. The maximum Gasteiger partial charge on any atom is 0.419 e. The van der Waals surface area contributed by atoms with Gasteiger partial charge in [-0.2, -0.15) is 0 Å². The molecule has 2 amide bonds. The van der Waals surface area contributed by atoms with Crippen molar-refractivity contribution in [2.24, 2.45) is 5.92 Å². The van der Waals surface area contributed by atoms with Crippen LogP contribution in [-0.2, 0) is 9.53 Å². The second-order valence-corrected chi connectivity index (χ2v) is 3.84. The molecule has 0 aromatic carbocycles. The normalized spacial score (nSPS) is 26.7. The Hall–Kier alpha value is -1.10. The van der Waals surface area contributed by atoms with Gasteiger partial charge >= 0.3 is 6.09 Å². The minimum Gasteiger partial charge on any atom is -0.414 e. The molecule has 13 heavy (non-hydrogen) atoms. The second-order valence-electron chi connectivity index (χ2n) is 2.82. The highest BCUT2D eigenvalue weighted by Crippen LogP contribution is 2.31. The van der Waals surface area contributed by atoms with Gasteiger partial charge in [0.05, 0.1) is 0 Å². The molecule has 1 aliphatic heterocycles. The molecule has 1 saturated heterocycles. The number of carbonyl (C=O) groups excluding carboxylic acids is 2. The Bertz CT molecular complexity index is 345.